The Morgan fingerprint density at radius 2 is 0.891 bits per heavy atom. The lowest BCUT2D eigenvalue weighted by Crippen LogP contribution is -2.45. The summed E-state index contributed by atoms with van der Waals surface area (Å²) in [6.07, 6.45) is 50.8. The highest BCUT2D eigenvalue weighted by atomic mass is 16.3. The summed E-state index contributed by atoms with van der Waals surface area (Å²) in [5.74, 6) is -0.0725. The summed E-state index contributed by atoms with van der Waals surface area (Å²) in [6, 6.07) is -0.620. The lowest BCUT2D eigenvalue weighted by atomic mass is 10.0. The molecular weight excluding hydrogens is 566 g/mol. The predicted octanol–water partition coefficient (Wildman–Crippen LogP) is 12.0. The van der Waals surface area contributed by atoms with Crippen LogP contribution in [0.5, 0.6) is 0 Å². The van der Waals surface area contributed by atoms with Gasteiger partial charge in [0.15, 0.2) is 0 Å². The van der Waals surface area contributed by atoms with Crippen molar-refractivity contribution < 1.29 is 15.0 Å². The van der Waals surface area contributed by atoms with Crippen molar-refractivity contribution in [1.29, 1.82) is 0 Å². The van der Waals surface area contributed by atoms with Crippen LogP contribution in [0, 0.1) is 0 Å². The number of aliphatic hydroxyl groups excluding tert-OH is 2. The van der Waals surface area contributed by atoms with Crippen molar-refractivity contribution in [3.05, 3.63) is 48.6 Å². The number of aliphatic hydroxyl groups is 2. The van der Waals surface area contributed by atoms with E-state index in [0.29, 0.717) is 6.42 Å². The minimum absolute atomic E-state index is 0.0725. The van der Waals surface area contributed by atoms with Crippen LogP contribution in [0.4, 0.5) is 0 Å². The van der Waals surface area contributed by atoms with E-state index in [1.54, 1.807) is 6.08 Å². The minimum Gasteiger partial charge on any atom is -0.394 e. The first-order valence-corrected chi connectivity index (χ1v) is 19.9. The van der Waals surface area contributed by atoms with Crippen LogP contribution in [0.3, 0.4) is 0 Å². The summed E-state index contributed by atoms with van der Waals surface area (Å²) in [5, 5.41) is 22.7. The van der Waals surface area contributed by atoms with Gasteiger partial charge in [-0.15, -0.1) is 0 Å². The predicted molar refractivity (Wildman–Crippen MR) is 202 cm³/mol. The Kier molecular flexibility index (Phi) is 36.4. The van der Waals surface area contributed by atoms with E-state index in [0.717, 1.165) is 38.5 Å². The van der Waals surface area contributed by atoms with Gasteiger partial charge in [0.25, 0.3) is 0 Å². The zero-order valence-corrected chi connectivity index (χ0v) is 30.6. The van der Waals surface area contributed by atoms with Crippen LogP contribution in [0.25, 0.3) is 0 Å². The average Bonchev–Trinajstić information content (AvgIpc) is 3.06. The maximum Gasteiger partial charge on any atom is 0.220 e. The van der Waals surface area contributed by atoms with Gasteiger partial charge in [0.1, 0.15) is 0 Å². The van der Waals surface area contributed by atoms with E-state index in [1.165, 1.54) is 135 Å². The molecule has 1 amide bonds. The van der Waals surface area contributed by atoms with E-state index < -0.39 is 12.1 Å². The van der Waals surface area contributed by atoms with Crippen molar-refractivity contribution in [2.45, 2.75) is 206 Å². The number of allylic oxidation sites excluding steroid dienone is 7. The first-order valence-electron chi connectivity index (χ1n) is 19.9. The summed E-state index contributed by atoms with van der Waals surface area (Å²) < 4.78 is 0. The molecule has 2 atom stereocenters. The van der Waals surface area contributed by atoms with Crippen molar-refractivity contribution >= 4 is 5.91 Å². The monoisotopic (exact) mass is 644 g/mol. The molecule has 0 saturated carbocycles. The summed E-state index contributed by atoms with van der Waals surface area (Å²) in [6.45, 7) is 4.23. The Hall–Kier alpha value is -1.65. The molecule has 0 aromatic rings. The molecule has 0 spiro atoms. The lowest BCUT2D eigenvalue weighted by Gasteiger charge is -2.20. The second kappa shape index (κ2) is 37.8. The van der Waals surface area contributed by atoms with Gasteiger partial charge in [0.2, 0.25) is 5.91 Å². The summed E-state index contributed by atoms with van der Waals surface area (Å²) in [7, 11) is 0. The van der Waals surface area contributed by atoms with Gasteiger partial charge in [0.05, 0.1) is 18.8 Å². The first kappa shape index (κ1) is 44.4. The van der Waals surface area contributed by atoms with Crippen LogP contribution >= 0.6 is 0 Å². The van der Waals surface area contributed by atoms with Crippen molar-refractivity contribution in [3.8, 4) is 0 Å². The van der Waals surface area contributed by atoms with Crippen LogP contribution in [0.1, 0.15) is 194 Å². The number of hydrogen-bond donors (Lipinski definition) is 3. The molecule has 0 aromatic carbocycles. The summed E-state index contributed by atoms with van der Waals surface area (Å²) in [5.41, 5.74) is 0. The van der Waals surface area contributed by atoms with Crippen molar-refractivity contribution in [1.82, 2.24) is 5.32 Å². The topological polar surface area (TPSA) is 69.6 Å². The Morgan fingerprint density at radius 3 is 1.33 bits per heavy atom. The molecule has 0 aliphatic heterocycles. The van der Waals surface area contributed by atoms with E-state index in [1.807, 2.05) is 6.08 Å². The number of carbonyl (C=O) groups is 1. The van der Waals surface area contributed by atoms with Crippen molar-refractivity contribution in [2.24, 2.45) is 0 Å². The molecular formula is C42H77NO3. The number of unbranched alkanes of at least 4 members (excludes halogenated alkanes) is 22. The third kappa shape index (κ3) is 33.7. The zero-order valence-electron chi connectivity index (χ0n) is 30.6. The van der Waals surface area contributed by atoms with Gasteiger partial charge in [0, 0.05) is 6.42 Å². The third-order valence-electron chi connectivity index (χ3n) is 8.81. The van der Waals surface area contributed by atoms with Crippen molar-refractivity contribution in [3.63, 3.8) is 0 Å². The highest BCUT2D eigenvalue weighted by molar-refractivity contribution is 5.76. The molecule has 0 fully saturated rings. The fraction of sp³-hybridized carbons (Fsp3) is 0.786. The SMILES string of the molecule is CCCCCCC/C=C\C/C=C\C/C=C\CCCCCCCCCCCCCCC(=O)NC(CO)C(O)/C=C/CCCCCCC. The first-order chi connectivity index (χ1) is 22.7. The Bertz CT molecular complexity index is 741. The normalized spacial score (nSPS) is 13.6. The Morgan fingerprint density at radius 1 is 0.522 bits per heavy atom. The maximum absolute atomic E-state index is 12.3. The molecule has 0 aromatic heterocycles. The van der Waals surface area contributed by atoms with Gasteiger partial charge in [-0.05, 0) is 57.8 Å². The molecule has 0 radical (unpaired) electrons. The van der Waals surface area contributed by atoms with E-state index in [4.69, 9.17) is 0 Å². The fourth-order valence-corrected chi connectivity index (χ4v) is 5.71. The summed E-state index contributed by atoms with van der Waals surface area (Å²) in [4.78, 5) is 12.3. The average molecular weight is 644 g/mol. The molecule has 268 valence electrons. The largest absolute Gasteiger partial charge is 0.394 e. The highest BCUT2D eigenvalue weighted by Gasteiger charge is 2.17. The van der Waals surface area contributed by atoms with Gasteiger partial charge in [-0.25, -0.2) is 0 Å². The van der Waals surface area contributed by atoms with Crippen LogP contribution in [0.15, 0.2) is 48.6 Å². The number of carbonyl (C=O) groups excluding carboxylic acids is 1. The van der Waals surface area contributed by atoms with E-state index in [-0.39, 0.29) is 12.5 Å². The van der Waals surface area contributed by atoms with Crippen LogP contribution in [-0.2, 0) is 4.79 Å². The number of nitrogens with one attached hydrogen (secondary N) is 1. The highest BCUT2D eigenvalue weighted by Crippen LogP contribution is 2.14. The van der Waals surface area contributed by atoms with Gasteiger partial charge in [-0.1, -0.05) is 178 Å². The van der Waals surface area contributed by atoms with Crippen molar-refractivity contribution in [2.75, 3.05) is 6.61 Å². The van der Waals surface area contributed by atoms with E-state index >= 15 is 0 Å². The van der Waals surface area contributed by atoms with Gasteiger partial charge in [-0.3, -0.25) is 4.79 Å². The molecule has 0 aliphatic rings. The van der Waals surface area contributed by atoms with Gasteiger partial charge < -0.3 is 15.5 Å². The van der Waals surface area contributed by atoms with E-state index in [9.17, 15) is 15.0 Å². The number of hydrogen-bond acceptors (Lipinski definition) is 3. The van der Waals surface area contributed by atoms with Crippen LogP contribution in [0.2, 0.25) is 0 Å². The molecule has 0 bridgehead atoms. The zero-order chi connectivity index (χ0) is 33.6. The number of rotatable bonds is 35. The standard InChI is InChI=1S/C42H77NO3/c1-3-5-7-9-11-12-13-14-15-16-17-18-19-20-21-22-23-24-25-26-27-28-29-30-32-34-36-38-42(46)43-40(39-44)41(45)37-35-33-31-10-8-6-4-2/h13-14,16-17,19-20,35,37,40-41,44-45H,3-12,15,18,21-34,36,38-39H2,1-2H3,(H,43,46)/b14-13-,17-16-,20-19-,37-35+. The van der Waals surface area contributed by atoms with Gasteiger partial charge >= 0.3 is 0 Å². The molecule has 46 heavy (non-hydrogen) atoms. The molecule has 0 saturated heterocycles. The van der Waals surface area contributed by atoms with E-state index in [2.05, 4.69) is 55.6 Å². The molecule has 0 rings (SSSR count). The quantitative estimate of drug-likeness (QED) is 0.0475. The Labute approximate surface area is 286 Å². The molecule has 0 heterocycles. The fourth-order valence-electron chi connectivity index (χ4n) is 5.71. The van der Waals surface area contributed by atoms with Crippen LogP contribution in [-0.4, -0.2) is 34.9 Å². The maximum atomic E-state index is 12.3. The van der Waals surface area contributed by atoms with Crippen LogP contribution < -0.4 is 5.32 Å². The molecule has 0 aliphatic carbocycles. The molecule has 4 heteroatoms. The molecule has 4 nitrogen and oxygen atoms in total. The Balaban J connectivity index is 3.50. The second-order valence-corrected chi connectivity index (χ2v) is 13.3. The third-order valence-corrected chi connectivity index (χ3v) is 8.81. The summed E-state index contributed by atoms with van der Waals surface area (Å²) >= 11 is 0. The lowest BCUT2D eigenvalue weighted by molar-refractivity contribution is -0.123. The molecule has 3 N–H and O–H groups in total. The number of amides is 1. The molecule has 2 unspecified atom stereocenters. The minimum atomic E-state index is -0.836. The van der Waals surface area contributed by atoms with Gasteiger partial charge in [-0.2, -0.15) is 0 Å². The second-order valence-electron chi connectivity index (χ2n) is 13.3. The smallest absolute Gasteiger partial charge is 0.220 e.